The average Bonchev–Trinajstić information content (AvgIpc) is 2.39. The molecular weight excluding hydrogens is 188 g/mol. The minimum Gasteiger partial charge on any atom is -0.199 e. The molecule has 1 aromatic rings. The van der Waals surface area contributed by atoms with Gasteiger partial charge >= 0.3 is 0 Å². The molecule has 0 saturated carbocycles. The van der Waals surface area contributed by atoms with E-state index in [9.17, 15) is 8.42 Å². The number of nitrogens with zero attached hydrogens (tertiary/aromatic N) is 2. The van der Waals surface area contributed by atoms with Gasteiger partial charge in [-0.3, -0.25) is 0 Å². The fourth-order valence-electron chi connectivity index (χ4n) is 1.19. The van der Waals surface area contributed by atoms with Crippen LogP contribution in [0.1, 0.15) is 5.56 Å². The van der Waals surface area contributed by atoms with Crippen LogP contribution < -0.4 is 0 Å². The topological polar surface area (TPSA) is 70.3 Å². The Hall–Kier alpha value is -1.67. The van der Waals surface area contributed by atoms with Gasteiger partial charge in [0.2, 0.25) is 0 Å². The number of sulfonamides is 1. The predicted octanol–water partition coefficient (Wildman–Crippen LogP) is 0.702. The third kappa shape index (κ3) is 1.03. The molecule has 0 aliphatic carbocycles. The number of hydrogen-bond acceptors (Lipinski definition) is 3. The Morgan fingerprint density at radius 2 is 2.00 bits per heavy atom. The van der Waals surface area contributed by atoms with Crippen molar-refractivity contribution in [2.45, 2.75) is 4.90 Å². The van der Waals surface area contributed by atoms with Crippen LogP contribution in [-0.2, 0) is 10.0 Å². The lowest BCUT2D eigenvalue weighted by molar-refractivity contribution is 0.599. The normalized spacial score (nSPS) is 17.3. The molecule has 0 bridgehead atoms. The molecule has 64 valence electrons. The van der Waals surface area contributed by atoms with Crippen molar-refractivity contribution in [3.05, 3.63) is 29.8 Å². The van der Waals surface area contributed by atoms with E-state index in [4.69, 9.17) is 5.26 Å². The van der Waals surface area contributed by atoms with Crippen molar-refractivity contribution in [3.63, 3.8) is 0 Å². The summed E-state index contributed by atoms with van der Waals surface area (Å²) < 4.78 is 25.9. The van der Waals surface area contributed by atoms with Crippen LogP contribution in [-0.4, -0.2) is 14.1 Å². The van der Waals surface area contributed by atoms with Crippen molar-refractivity contribution in [1.82, 2.24) is 0 Å². The molecule has 13 heavy (non-hydrogen) atoms. The van der Waals surface area contributed by atoms with E-state index >= 15 is 0 Å². The van der Waals surface area contributed by atoms with E-state index in [0.717, 1.165) is 0 Å². The van der Waals surface area contributed by atoms with Gasteiger partial charge in [-0.15, -0.1) is 4.40 Å². The van der Waals surface area contributed by atoms with Gasteiger partial charge in [0.05, 0.1) is 4.90 Å². The van der Waals surface area contributed by atoms with Gasteiger partial charge in [0, 0.05) is 5.56 Å². The van der Waals surface area contributed by atoms with E-state index < -0.39 is 10.0 Å². The Kier molecular flexibility index (Phi) is 1.47. The quantitative estimate of drug-likeness (QED) is 0.607. The van der Waals surface area contributed by atoms with Gasteiger partial charge in [-0.1, -0.05) is 18.2 Å². The summed E-state index contributed by atoms with van der Waals surface area (Å²) in [4.78, 5) is 0.117. The second-order valence-electron chi connectivity index (χ2n) is 2.52. The van der Waals surface area contributed by atoms with Gasteiger partial charge in [-0.05, 0) is 6.07 Å². The zero-order valence-electron chi connectivity index (χ0n) is 6.43. The number of rotatable bonds is 0. The lowest BCUT2D eigenvalue weighted by Gasteiger charge is -1.93. The second kappa shape index (κ2) is 2.41. The summed E-state index contributed by atoms with van der Waals surface area (Å²) in [5.74, 6) is 0. The van der Waals surface area contributed by atoms with Gasteiger partial charge in [-0.25, -0.2) is 0 Å². The lowest BCUT2D eigenvalue weighted by atomic mass is 10.1. The van der Waals surface area contributed by atoms with Crippen LogP contribution in [0.2, 0.25) is 0 Å². The molecule has 4 nitrogen and oxygen atoms in total. The molecule has 1 aliphatic rings. The van der Waals surface area contributed by atoms with Crippen LogP contribution in [0.3, 0.4) is 0 Å². The summed E-state index contributed by atoms with van der Waals surface area (Å²) in [7, 11) is -3.60. The minimum absolute atomic E-state index is 0.0319. The lowest BCUT2D eigenvalue weighted by Crippen LogP contribution is -1.93. The molecule has 0 fully saturated rings. The Labute approximate surface area is 75.2 Å². The molecule has 0 radical (unpaired) electrons. The zero-order chi connectivity index (χ0) is 9.47. The number of hydrogen-bond donors (Lipinski definition) is 0. The van der Waals surface area contributed by atoms with E-state index in [0.29, 0.717) is 5.56 Å². The smallest absolute Gasteiger partial charge is 0.199 e. The molecule has 1 heterocycles. The highest BCUT2D eigenvalue weighted by molar-refractivity contribution is 7.90. The molecule has 0 amide bonds. The number of benzene rings is 1. The molecule has 2 rings (SSSR count). The first kappa shape index (κ1) is 7.95. The van der Waals surface area contributed by atoms with Gasteiger partial charge < -0.3 is 0 Å². The monoisotopic (exact) mass is 192 g/mol. The van der Waals surface area contributed by atoms with Crippen molar-refractivity contribution in [3.8, 4) is 6.07 Å². The molecule has 0 N–H and O–H groups in total. The van der Waals surface area contributed by atoms with E-state index in [2.05, 4.69) is 4.40 Å². The maximum absolute atomic E-state index is 11.3. The van der Waals surface area contributed by atoms with E-state index in [1.165, 1.54) is 6.07 Å². The summed E-state index contributed by atoms with van der Waals surface area (Å²) in [5, 5.41) is 8.60. The molecule has 1 aromatic carbocycles. The van der Waals surface area contributed by atoms with Crippen LogP contribution in [0.5, 0.6) is 0 Å². The van der Waals surface area contributed by atoms with Gasteiger partial charge in [0.1, 0.15) is 6.07 Å². The van der Waals surface area contributed by atoms with Crippen molar-refractivity contribution >= 4 is 15.7 Å². The Balaban J connectivity index is 2.85. The Morgan fingerprint density at radius 3 is 2.69 bits per heavy atom. The third-order valence-corrected chi connectivity index (χ3v) is 3.07. The molecule has 0 unspecified atom stereocenters. The van der Waals surface area contributed by atoms with Crippen molar-refractivity contribution < 1.29 is 8.42 Å². The molecular formula is C8H4N2O2S. The summed E-state index contributed by atoms with van der Waals surface area (Å²) in [6.45, 7) is 0. The Morgan fingerprint density at radius 1 is 1.31 bits per heavy atom. The summed E-state index contributed by atoms with van der Waals surface area (Å²) in [5.41, 5.74) is 0.362. The minimum atomic E-state index is -3.60. The van der Waals surface area contributed by atoms with Crippen LogP contribution in [0.15, 0.2) is 33.6 Å². The van der Waals surface area contributed by atoms with Crippen molar-refractivity contribution in [2.24, 2.45) is 4.40 Å². The van der Waals surface area contributed by atoms with Gasteiger partial charge in [-0.2, -0.15) is 13.7 Å². The van der Waals surface area contributed by atoms with Crippen LogP contribution in [0, 0.1) is 11.3 Å². The van der Waals surface area contributed by atoms with E-state index in [-0.39, 0.29) is 10.6 Å². The molecule has 0 atom stereocenters. The highest BCUT2D eigenvalue weighted by Gasteiger charge is 2.27. The van der Waals surface area contributed by atoms with Crippen LogP contribution in [0.4, 0.5) is 0 Å². The average molecular weight is 192 g/mol. The largest absolute Gasteiger partial charge is 0.284 e. The molecule has 0 spiro atoms. The maximum Gasteiger partial charge on any atom is 0.284 e. The van der Waals surface area contributed by atoms with E-state index in [1.54, 1.807) is 24.3 Å². The van der Waals surface area contributed by atoms with Crippen molar-refractivity contribution in [1.29, 1.82) is 5.26 Å². The van der Waals surface area contributed by atoms with Crippen molar-refractivity contribution in [2.75, 3.05) is 0 Å². The van der Waals surface area contributed by atoms with Gasteiger partial charge in [0.25, 0.3) is 10.0 Å². The zero-order valence-corrected chi connectivity index (χ0v) is 7.25. The summed E-state index contributed by atoms with van der Waals surface area (Å²) in [6.07, 6.45) is 0. The number of fused-ring (bicyclic) bond motifs is 1. The fourth-order valence-corrected chi connectivity index (χ4v) is 2.36. The highest BCUT2D eigenvalue weighted by Crippen LogP contribution is 2.25. The highest BCUT2D eigenvalue weighted by atomic mass is 32.2. The second-order valence-corrected chi connectivity index (χ2v) is 4.10. The molecule has 0 saturated heterocycles. The predicted molar refractivity (Wildman–Crippen MR) is 45.8 cm³/mol. The summed E-state index contributed by atoms with van der Waals surface area (Å²) >= 11 is 0. The van der Waals surface area contributed by atoms with E-state index in [1.807, 2.05) is 0 Å². The Bertz CT molecular complexity index is 538. The maximum atomic E-state index is 11.3. The third-order valence-electron chi connectivity index (χ3n) is 1.74. The first-order valence-corrected chi connectivity index (χ1v) is 4.93. The van der Waals surface area contributed by atoms with Crippen LogP contribution >= 0.6 is 0 Å². The fraction of sp³-hybridized carbons (Fsp3) is 0. The number of nitriles is 1. The first-order valence-electron chi connectivity index (χ1n) is 3.49. The molecule has 1 aliphatic heterocycles. The SMILES string of the molecule is N#CC1=NS(=O)(=O)c2ccccc21. The molecule has 5 heteroatoms. The molecule has 0 aromatic heterocycles. The first-order chi connectivity index (χ1) is 6.15. The van der Waals surface area contributed by atoms with Crippen LogP contribution in [0.25, 0.3) is 0 Å². The standard InChI is InChI=1S/C8H4N2O2S/c9-5-7-6-3-1-2-4-8(6)13(11,12)10-7/h1-4H. The van der Waals surface area contributed by atoms with Gasteiger partial charge in [0.15, 0.2) is 5.71 Å². The summed E-state index contributed by atoms with van der Waals surface area (Å²) in [6, 6.07) is 8.04.